The molecule has 1 aliphatic heterocycles. The highest BCUT2D eigenvalue weighted by molar-refractivity contribution is 8.14. The average Bonchev–Trinajstić information content (AvgIpc) is 2.98. The Morgan fingerprint density at radius 3 is 1.67 bits per heavy atom. The Morgan fingerprint density at radius 1 is 1.00 bits per heavy atom. The van der Waals surface area contributed by atoms with Crippen LogP contribution < -0.4 is 0 Å². The first-order valence-electron chi connectivity index (χ1n) is 5.55. The van der Waals surface area contributed by atoms with Gasteiger partial charge in [-0.2, -0.15) is 10.5 Å². The maximum Gasteiger partial charge on any atom is 0.327 e. The molecule has 1 aliphatic carbocycles. The van der Waals surface area contributed by atoms with E-state index < -0.39 is 5.66 Å². The summed E-state index contributed by atoms with van der Waals surface area (Å²) in [7, 11) is 0. The van der Waals surface area contributed by atoms with E-state index in [1.54, 1.807) is 0 Å². The van der Waals surface area contributed by atoms with Crippen molar-refractivity contribution in [2.45, 2.75) is 19.5 Å². The Labute approximate surface area is 116 Å². The van der Waals surface area contributed by atoms with Crippen molar-refractivity contribution in [2.75, 3.05) is 12.5 Å². The van der Waals surface area contributed by atoms with Crippen molar-refractivity contribution in [3.63, 3.8) is 0 Å². The van der Waals surface area contributed by atoms with Gasteiger partial charge in [0, 0.05) is 11.8 Å². The molecule has 2 rings (SSSR count). The summed E-state index contributed by atoms with van der Waals surface area (Å²) < 4.78 is 0. The summed E-state index contributed by atoms with van der Waals surface area (Å²) in [5, 5.41) is 20.2. The Morgan fingerprint density at radius 2 is 1.39 bits per heavy atom. The zero-order valence-electron chi connectivity index (χ0n) is 10.8. The van der Waals surface area contributed by atoms with E-state index in [0.29, 0.717) is 11.8 Å². The Hall–Kier alpha value is -0.980. The number of nitrogens with zero attached hydrogens (tertiary/aromatic N) is 4. The van der Waals surface area contributed by atoms with Gasteiger partial charge in [0.1, 0.15) is 12.1 Å². The zero-order valence-corrected chi connectivity index (χ0v) is 12.4. The van der Waals surface area contributed by atoms with Crippen molar-refractivity contribution in [2.24, 2.45) is 27.2 Å². The predicted molar refractivity (Wildman–Crippen MR) is 76.6 cm³/mol. The number of fused-ring (bicyclic) bond motifs is 1. The number of aliphatic imine (C=N–C) groups is 2. The minimum atomic E-state index is -1.58. The smallest absolute Gasteiger partial charge is 0.225 e. The van der Waals surface area contributed by atoms with Gasteiger partial charge in [-0.3, -0.25) is 0 Å². The minimum Gasteiger partial charge on any atom is -0.225 e. The van der Waals surface area contributed by atoms with Crippen molar-refractivity contribution >= 4 is 33.6 Å². The first-order chi connectivity index (χ1) is 8.45. The molecule has 0 spiro atoms. The molecule has 6 heteroatoms. The van der Waals surface area contributed by atoms with Crippen LogP contribution >= 0.6 is 23.5 Å². The third kappa shape index (κ3) is 1.75. The van der Waals surface area contributed by atoms with E-state index in [2.05, 4.69) is 23.8 Å². The van der Waals surface area contributed by atoms with E-state index >= 15 is 0 Å². The van der Waals surface area contributed by atoms with Crippen LogP contribution in [-0.2, 0) is 0 Å². The molecule has 0 radical (unpaired) electrons. The first kappa shape index (κ1) is 13.5. The van der Waals surface area contributed by atoms with E-state index in [1.807, 2.05) is 24.6 Å². The molecule has 0 aromatic heterocycles. The number of rotatable bonds is 0. The van der Waals surface area contributed by atoms with Gasteiger partial charge in [-0.1, -0.05) is 13.8 Å². The summed E-state index contributed by atoms with van der Waals surface area (Å²) in [6.45, 7) is 4.37. The van der Waals surface area contributed by atoms with Crippen LogP contribution in [0.3, 0.4) is 0 Å². The minimum absolute atomic E-state index is 0.126. The van der Waals surface area contributed by atoms with Crippen molar-refractivity contribution in [3.8, 4) is 12.1 Å². The van der Waals surface area contributed by atoms with Crippen LogP contribution in [0.25, 0.3) is 0 Å². The van der Waals surface area contributed by atoms with Gasteiger partial charge in [-0.15, -0.1) is 23.5 Å². The van der Waals surface area contributed by atoms with Crippen molar-refractivity contribution in [1.29, 1.82) is 10.5 Å². The van der Waals surface area contributed by atoms with E-state index in [9.17, 15) is 10.5 Å². The standard InChI is InChI=1S/C12H14N4S2/c1-11(2)7-8(11)10(18-4)16-12(5-13,6-14)15-9(7)17-3/h7-8H,1-4H3/t7-,8+. The third-order valence-electron chi connectivity index (χ3n) is 3.63. The lowest BCUT2D eigenvalue weighted by Crippen LogP contribution is -2.22. The highest BCUT2D eigenvalue weighted by Gasteiger charge is 2.64. The molecule has 0 bridgehead atoms. The molecular formula is C12H14N4S2. The molecule has 4 nitrogen and oxygen atoms in total. The quantitative estimate of drug-likeness (QED) is 0.682. The van der Waals surface area contributed by atoms with E-state index in [4.69, 9.17) is 0 Å². The Balaban J connectivity index is 2.56. The second-order valence-corrected chi connectivity index (χ2v) is 6.63. The Bertz CT molecular complexity index is 475. The molecule has 0 aromatic carbocycles. The fraction of sp³-hybridized carbons (Fsp3) is 0.667. The van der Waals surface area contributed by atoms with E-state index in [0.717, 1.165) is 10.1 Å². The molecule has 94 valence electrons. The van der Waals surface area contributed by atoms with Crippen LogP contribution in [-0.4, -0.2) is 28.3 Å². The SMILES string of the molecule is CSC1=NC(C#N)(C#N)N=C(SC)[C@H]2[C@@H]1C2(C)C. The van der Waals surface area contributed by atoms with Gasteiger partial charge < -0.3 is 0 Å². The van der Waals surface area contributed by atoms with Gasteiger partial charge in [0.25, 0.3) is 0 Å². The van der Waals surface area contributed by atoms with Gasteiger partial charge in [0.15, 0.2) is 0 Å². The zero-order chi connectivity index (χ0) is 13.6. The van der Waals surface area contributed by atoms with Crippen LogP contribution in [0.15, 0.2) is 9.98 Å². The highest BCUT2D eigenvalue weighted by Crippen LogP contribution is 2.63. The molecule has 0 unspecified atom stereocenters. The average molecular weight is 278 g/mol. The lowest BCUT2D eigenvalue weighted by atomic mass is 10.1. The summed E-state index contributed by atoms with van der Waals surface area (Å²) in [6.07, 6.45) is 3.88. The lowest BCUT2D eigenvalue weighted by molar-refractivity contribution is 0.595. The second-order valence-electron chi connectivity index (χ2n) is 4.98. The van der Waals surface area contributed by atoms with Gasteiger partial charge in [-0.25, -0.2) is 9.98 Å². The fourth-order valence-corrected chi connectivity index (χ4v) is 4.35. The summed E-state index contributed by atoms with van der Waals surface area (Å²) in [5.41, 5.74) is -1.46. The molecule has 2 aliphatic rings. The largest absolute Gasteiger partial charge is 0.327 e. The molecule has 1 fully saturated rings. The van der Waals surface area contributed by atoms with E-state index in [1.165, 1.54) is 23.5 Å². The van der Waals surface area contributed by atoms with Crippen molar-refractivity contribution in [1.82, 2.24) is 0 Å². The fourth-order valence-electron chi connectivity index (χ4n) is 2.51. The number of nitriles is 2. The molecule has 0 amide bonds. The summed E-state index contributed by atoms with van der Waals surface area (Å²) in [6, 6.07) is 3.88. The number of thioether (sulfide) groups is 2. The normalized spacial score (nSPS) is 31.0. The maximum atomic E-state index is 9.22. The van der Waals surface area contributed by atoms with E-state index in [-0.39, 0.29) is 5.41 Å². The van der Waals surface area contributed by atoms with Crippen molar-refractivity contribution < 1.29 is 0 Å². The predicted octanol–water partition coefficient (Wildman–Crippen LogP) is 2.54. The topological polar surface area (TPSA) is 72.3 Å². The lowest BCUT2D eigenvalue weighted by Gasteiger charge is -2.13. The number of hydrogen-bond acceptors (Lipinski definition) is 6. The van der Waals surface area contributed by atoms with Crippen molar-refractivity contribution in [3.05, 3.63) is 0 Å². The van der Waals surface area contributed by atoms with Gasteiger partial charge in [0.05, 0.1) is 10.1 Å². The summed E-state index contributed by atoms with van der Waals surface area (Å²) in [5.74, 6) is 0.588. The van der Waals surface area contributed by atoms with Crippen LogP contribution in [0.5, 0.6) is 0 Å². The molecule has 1 heterocycles. The molecule has 2 atom stereocenters. The molecule has 0 saturated heterocycles. The van der Waals surface area contributed by atoms with Gasteiger partial charge >= 0.3 is 5.66 Å². The summed E-state index contributed by atoms with van der Waals surface area (Å²) >= 11 is 3.04. The second kappa shape index (κ2) is 4.29. The van der Waals surface area contributed by atoms with Crippen LogP contribution in [0, 0.1) is 39.9 Å². The monoisotopic (exact) mass is 278 g/mol. The van der Waals surface area contributed by atoms with Crippen LogP contribution in [0.4, 0.5) is 0 Å². The highest BCUT2D eigenvalue weighted by atomic mass is 32.2. The molecule has 1 saturated carbocycles. The van der Waals surface area contributed by atoms with Gasteiger partial charge in [-0.05, 0) is 17.9 Å². The number of hydrogen-bond donors (Lipinski definition) is 0. The molecule has 0 N–H and O–H groups in total. The Kier molecular flexibility index (Phi) is 3.21. The maximum absolute atomic E-state index is 9.22. The van der Waals surface area contributed by atoms with Crippen LogP contribution in [0.1, 0.15) is 13.8 Å². The first-order valence-corrected chi connectivity index (χ1v) is 8.00. The third-order valence-corrected chi connectivity index (χ3v) is 5.16. The van der Waals surface area contributed by atoms with Crippen LogP contribution in [0.2, 0.25) is 0 Å². The van der Waals surface area contributed by atoms with Gasteiger partial charge in [0.2, 0.25) is 0 Å². The molecule has 0 aromatic rings. The summed E-state index contributed by atoms with van der Waals surface area (Å²) in [4.78, 5) is 8.67. The molecular weight excluding hydrogens is 264 g/mol. The molecule has 18 heavy (non-hydrogen) atoms.